The van der Waals surface area contributed by atoms with Crippen molar-refractivity contribution < 1.29 is 61.6 Å². The molecule has 0 spiro atoms. The lowest BCUT2D eigenvalue weighted by molar-refractivity contribution is -0.140. The second-order valence-corrected chi connectivity index (χ2v) is 8.03. The van der Waals surface area contributed by atoms with Gasteiger partial charge in [0.1, 0.15) is 6.61 Å². The molecule has 0 aliphatic heterocycles. The SMILES string of the molecule is C=C(C)C(=O)OCCOCCOCCOCCOCCOCCOCCOCCOCCOCCOCCOC. The molecule has 0 heterocycles. The zero-order chi connectivity index (χ0) is 29.2. The number of hydrogen-bond acceptors (Lipinski definition) is 13. The molecule has 0 N–H and O–H groups in total. The predicted octanol–water partition coefficient (Wildman–Crippen LogP) is 0.918. The maximum atomic E-state index is 11.2. The van der Waals surface area contributed by atoms with Crippen LogP contribution in [0.3, 0.4) is 0 Å². The lowest BCUT2D eigenvalue weighted by atomic mass is 10.4. The first-order valence-electron chi connectivity index (χ1n) is 13.8. The topological polar surface area (TPSA) is 128 Å². The molecule has 0 atom stereocenters. The third-order valence-corrected chi connectivity index (χ3v) is 4.59. The minimum atomic E-state index is -0.412. The highest BCUT2D eigenvalue weighted by Crippen LogP contribution is 1.92. The van der Waals surface area contributed by atoms with Gasteiger partial charge >= 0.3 is 5.97 Å². The molecule has 238 valence electrons. The van der Waals surface area contributed by atoms with Gasteiger partial charge in [0.05, 0.1) is 139 Å². The summed E-state index contributed by atoms with van der Waals surface area (Å²) >= 11 is 0. The van der Waals surface area contributed by atoms with Crippen LogP contribution in [0.5, 0.6) is 0 Å². The molecular formula is C27H52O13. The molecule has 0 aromatic rings. The van der Waals surface area contributed by atoms with Gasteiger partial charge in [-0.05, 0) is 6.92 Å². The third kappa shape index (κ3) is 33.0. The number of esters is 1. The minimum absolute atomic E-state index is 0.201. The lowest BCUT2D eigenvalue weighted by Crippen LogP contribution is -2.15. The van der Waals surface area contributed by atoms with Crippen molar-refractivity contribution in [1.29, 1.82) is 0 Å². The van der Waals surface area contributed by atoms with Gasteiger partial charge in [-0.1, -0.05) is 6.58 Å². The number of hydrogen-bond donors (Lipinski definition) is 0. The van der Waals surface area contributed by atoms with Crippen LogP contribution in [-0.4, -0.2) is 158 Å². The number of carbonyl (C=O) groups is 1. The largest absolute Gasteiger partial charge is 0.460 e. The van der Waals surface area contributed by atoms with Gasteiger partial charge in [-0.3, -0.25) is 0 Å². The van der Waals surface area contributed by atoms with E-state index in [0.29, 0.717) is 144 Å². The van der Waals surface area contributed by atoms with Gasteiger partial charge in [0.15, 0.2) is 0 Å². The summed E-state index contributed by atoms with van der Waals surface area (Å²) in [6.07, 6.45) is 0. The second-order valence-electron chi connectivity index (χ2n) is 8.03. The molecule has 0 aromatic carbocycles. The van der Waals surface area contributed by atoms with E-state index in [1.165, 1.54) is 0 Å². The molecule has 0 amide bonds. The fraction of sp³-hybridized carbons (Fsp3) is 0.889. The standard InChI is InChI=1S/C27H52O13/c1-26(2)27(28)40-25-24-39-23-22-38-21-20-37-19-18-36-17-16-35-15-14-34-13-12-33-11-10-32-9-8-31-7-6-30-5-4-29-3/h1,4-25H2,2-3H3. The highest BCUT2D eigenvalue weighted by atomic mass is 16.6. The fourth-order valence-corrected chi connectivity index (χ4v) is 2.54. The van der Waals surface area contributed by atoms with Crippen LogP contribution >= 0.6 is 0 Å². The summed E-state index contributed by atoms with van der Waals surface area (Å²) in [4.78, 5) is 11.2. The molecule has 0 rings (SSSR count). The van der Waals surface area contributed by atoms with E-state index in [0.717, 1.165) is 0 Å². The van der Waals surface area contributed by atoms with Gasteiger partial charge in [-0.25, -0.2) is 4.79 Å². The highest BCUT2D eigenvalue weighted by Gasteiger charge is 2.02. The summed E-state index contributed by atoms with van der Waals surface area (Å²) in [7, 11) is 1.64. The first-order valence-corrected chi connectivity index (χ1v) is 13.8. The molecule has 0 saturated carbocycles. The Morgan fingerprint density at radius 1 is 0.400 bits per heavy atom. The number of ether oxygens (including phenoxy) is 12. The zero-order valence-electron chi connectivity index (χ0n) is 24.6. The van der Waals surface area contributed by atoms with E-state index >= 15 is 0 Å². The Morgan fingerprint density at radius 2 is 0.600 bits per heavy atom. The van der Waals surface area contributed by atoms with E-state index in [1.807, 2.05) is 0 Å². The van der Waals surface area contributed by atoms with Gasteiger partial charge in [-0.15, -0.1) is 0 Å². The van der Waals surface area contributed by atoms with Crippen LogP contribution in [0.4, 0.5) is 0 Å². The summed E-state index contributed by atoms with van der Waals surface area (Å²) in [6.45, 7) is 15.8. The van der Waals surface area contributed by atoms with Crippen LogP contribution in [-0.2, 0) is 61.6 Å². The van der Waals surface area contributed by atoms with E-state index in [2.05, 4.69) is 6.58 Å². The maximum Gasteiger partial charge on any atom is 0.333 e. The van der Waals surface area contributed by atoms with Crippen LogP contribution < -0.4 is 0 Å². The molecule has 0 bridgehead atoms. The molecule has 13 heteroatoms. The fourth-order valence-electron chi connectivity index (χ4n) is 2.54. The smallest absolute Gasteiger partial charge is 0.333 e. The molecule has 40 heavy (non-hydrogen) atoms. The van der Waals surface area contributed by atoms with E-state index < -0.39 is 5.97 Å². The van der Waals surface area contributed by atoms with E-state index in [1.54, 1.807) is 14.0 Å². The molecule has 0 radical (unpaired) electrons. The Morgan fingerprint density at radius 3 is 0.800 bits per heavy atom. The molecular weight excluding hydrogens is 532 g/mol. The number of rotatable bonds is 34. The van der Waals surface area contributed by atoms with E-state index in [4.69, 9.17) is 56.8 Å². The van der Waals surface area contributed by atoms with E-state index in [-0.39, 0.29) is 6.61 Å². The number of methoxy groups -OCH3 is 1. The highest BCUT2D eigenvalue weighted by molar-refractivity contribution is 5.86. The first kappa shape index (κ1) is 38.8. The Kier molecular flexibility index (Phi) is 32.9. The summed E-state index contributed by atoms with van der Waals surface area (Å²) in [6, 6.07) is 0. The molecule has 0 aliphatic carbocycles. The van der Waals surface area contributed by atoms with Gasteiger partial charge < -0.3 is 56.8 Å². The van der Waals surface area contributed by atoms with Crippen LogP contribution in [0.15, 0.2) is 12.2 Å². The van der Waals surface area contributed by atoms with Crippen molar-refractivity contribution in [3.8, 4) is 0 Å². The van der Waals surface area contributed by atoms with Gasteiger partial charge in [-0.2, -0.15) is 0 Å². The van der Waals surface area contributed by atoms with Crippen LogP contribution in [0.1, 0.15) is 6.92 Å². The Balaban J connectivity index is 3.06. The predicted molar refractivity (Wildman–Crippen MR) is 146 cm³/mol. The summed E-state index contributed by atoms with van der Waals surface area (Å²) in [5, 5.41) is 0. The molecule has 13 nitrogen and oxygen atoms in total. The summed E-state index contributed by atoms with van der Waals surface area (Å²) < 4.78 is 63.8. The maximum absolute atomic E-state index is 11.2. The van der Waals surface area contributed by atoms with E-state index in [9.17, 15) is 4.79 Å². The van der Waals surface area contributed by atoms with Crippen molar-refractivity contribution in [3.05, 3.63) is 12.2 Å². The van der Waals surface area contributed by atoms with Gasteiger partial charge in [0.25, 0.3) is 0 Å². The van der Waals surface area contributed by atoms with Crippen LogP contribution in [0.25, 0.3) is 0 Å². The molecule has 0 fully saturated rings. The van der Waals surface area contributed by atoms with Crippen molar-refractivity contribution in [2.45, 2.75) is 6.92 Å². The van der Waals surface area contributed by atoms with Gasteiger partial charge in [0, 0.05) is 12.7 Å². The quantitative estimate of drug-likeness (QED) is 0.0605. The molecule has 0 unspecified atom stereocenters. The number of carbonyl (C=O) groups excluding carboxylic acids is 1. The normalized spacial score (nSPS) is 11.2. The Hall–Kier alpha value is -1.23. The Labute approximate surface area is 239 Å². The van der Waals surface area contributed by atoms with Gasteiger partial charge in [0.2, 0.25) is 0 Å². The molecule has 0 aromatic heterocycles. The lowest BCUT2D eigenvalue weighted by Gasteiger charge is -2.09. The minimum Gasteiger partial charge on any atom is -0.460 e. The zero-order valence-corrected chi connectivity index (χ0v) is 24.6. The average Bonchev–Trinajstić information content (AvgIpc) is 2.95. The van der Waals surface area contributed by atoms with Crippen molar-refractivity contribution in [3.63, 3.8) is 0 Å². The monoisotopic (exact) mass is 584 g/mol. The summed E-state index contributed by atoms with van der Waals surface area (Å²) in [5.41, 5.74) is 0.371. The molecule has 0 aliphatic rings. The van der Waals surface area contributed by atoms with Crippen LogP contribution in [0, 0.1) is 0 Å². The Bertz CT molecular complexity index is 537. The first-order chi connectivity index (χ1) is 19.7. The second kappa shape index (κ2) is 34.0. The third-order valence-electron chi connectivity index (χ3n) is 4.59. The summed E-state index contributed by atoms with van der Waals surface area (Å²) in [5.74, 6) is -0.412. The van der Waals surface area contributed by atoms with Crippen molar-refractivity contribution in [2.75, 3.05) is 152 Å². The van der Waals surface area contributed by atoms with Crippen molar-refractivity contribution in [1.82, 2.24) is 0 Å². The van der Waals surface area contributed by atoms with Crippen molar-refractivity contribution >= 4 is 5.97 Å². The average molecular weight is 585 g/mol. The molecule has 0 saturated heterocycles. The van der Waals surface area contributed by atoms with Crippen LogP contribution in [0.2, 0.25) is 0 Å². The van der Waals surface area contributed by atoms with Crippen molar-refractivity contribution in [2.24, 2.45) is 0 Å².